The zero-order valence-corrected chi connectivity index (χ0v) is 22.2. The second kappa shape index (κ2) is 14.7. The van der Waals surface area contributed by atoms with Crippen LogP contribution in [0.3, 0.4) is 0 Å². The fourth-order valence-electron chi connectivity index (χ4n) is 4.16. The molecule has 0 fully saturated rings. The highest BCUT2D eigenvalue weighted by Crippen LogP contribution is 2.25. The summed E-state index contributed by atoms with van der Waals surface area (Å²) in [5, 5.41) is 0.666. The van der Waals surface area contributed by atoms with Crippen molar-refractivity contribution in [3.8, 4) is 0 Å². The summed E-state index contributed by atoms with van der Waals surface area (Å²) in [7, 11) is 0. The van der Waals surface area contributed by atoms with E-state index in [2.05, 4.69) is 26.4 Å². The van der Waals surface area contributed by atoms with Gasteiger partial charge >= 0.3 is 5.69 Å². The van der Waals surface area contributed by atoms with Crippen LogP contribution in [0.25, 0.3) is 0 Å². The van der Waals surface area contributed by atoms with Gasteiger partial charge in [-0.2, -0.15) is 4.98 Å². The largest absolute Gasteiger partial charge is 0.344 e. The predicted octanol–water partition coefficient (Wildman–Crippen LogP) is 6.44. The van der Waals surface area contributed by atoms with Gasteiger partial charge in [-0.15, -0.1) is 0 Å². The predicted molar refractivity (Wildman–Crippen MR) is 144 cm³/mol. The van der Waals surface area contributed by atoms with E-state index in [0.717, 1.165) is 30.5 Å². The van der Waals surface area contributed by atoms with Gasteiger partial charge in [0.05, 0.1) is 0 Å². The van der Waals surface area contributed by atoms with E-state index in [-0.39, 0.29) is 17.3 Å². The Balaban J connectivity index is 1.70. The molecule has 0 aliphatic rings. The van der Waals surface area contributed by atoms with Crippen molar-refractivity contribution in [1.29, 1.82) is 0 Å². The standard InChI is InChI=1S/C28H37FN4O2S/c1-3-4-5-6-7-8-9-10-11-16-33-19-25(21(2)23-17-30-27(35)31-18-23)26(34)32-28(33)36-20-22-12-14-24(29)15-13-22/h12-15,17-19,21H,3-11,16,20H2,1-2H3,(H,30,31,35). The van der Waals surface area contributed by atoms with E-state index in [0.29, 0.717) is 16.5 Å². The van der Waals surface area contributed by atoms with Crippen LogP contribution in [0.5, 0.6) is 0 Å². The summed E-state index contributed by atoms with van der Waals surface area (Å²) < 4.78 is 15.3. The number of halogens is 1. The molecule has 2 heterocycles. The van der Waals surface area contributed by atoms with Gasteiger partial charge in [0.15, 0.2) is 5.16 Å². The van der Waals surface area contributed by atoms with Gasteiger partial charge < -0.3 is 9.55 Å². The summed E-state index contributed by atoms with van der Waals surface area (Å²) in [6.07, 6.45) is 16.2. The van der Waals surface area contributed by atoms with Crippen molar-refractivity contribution in [2.45, 2.75) is 95.0 Å². The molecule has 2 aromatic heterocycles. The van der Waals surface area contributed by atoms with Gasteiger partial charge in [0.2, 0.25) is 0 Å². The number of rotatable bonds is 15. The summed E-state index contributed by atoms with van der Waals surface area (Å²) in [5.41, 5.74) is 1.61. The van der Waals surface area contributed by atoms with Crippen LogP contribution in [0.4, 0.5) is 4.39 Å². The summed E-state index contributed by atoms with van der Waals surface area (Å²) >= 11 is 1.49. The van der Waals surface area contributed by atoms with Crippen molar-refractivity contribution in [1.82, 2.24) is 19.5 Å². The molecule has 0 radical (unpaired) electrons. The number of nitrogens with zero attached hydrogens (tertiary/aromatic N) is 3. The molecule has 0 aliphatic carbocycles. The molecule has 1 aromatic carbocycles. The minimum atomic E-state index is -0.417. The molecule has 194 valence electrons. The average Bonchev–Trinajstić information content (AvgIpc) is 2.88. The third-order valence-corrected chi connectivity index (χ3v) is 7.49. The fraction of sp³-hybridized carbons (Fsp3) is 0.500. The number of nitrogens with one attached hydrogen (secondary N) is 1. The number of unbranched alkanes of at least 4 members (excludes halogenated alkanes) is 8. The Morgan fingerprint density at radius 2 is 1.67 bits per heavy atom. The maximum absolute atomic E-state index is 13.3. The lowest BCUT2D eigenvalue weighted by Gasteiger charge is -2.17. The van der Waals surface area contributed by atoms with Gasteiger partial charge in [0.25, 0.3) is 5.56 Å². The third kappa shape index (κ3) is 8.73. The van der Waals surface area contributed by atoms with Crippen molar-refractivity contribution >= 4 is 11.8 Å². The number of thioether (sulfide) groups is 1. The first-order valence-electron chi connectivity index (χ1n) is 13.0. The quantitative estimate of drug-likeness (QED) is 0.144. The van der Waals surface area contributed by atoms with Crippen LogP contribution >= 0.6 is 11.8 Å². The van der Waals surface area contributed by atoms with Gasteiger partial charge in [0.1, 0.15) is 5.82 Å². The molecular formula is C28H37FN4O2S. The summed E-state index contributed by atoms with van der Waals surface area (Å²) in [4.78, 5) is 35.1. The smallest absolute Gasteiger partial charge is 0.327 e. The topological polar surface area (TPSA) is 80.6 Å². The molecule has 0 aliphatic heterocycles. The lowest BCUT2D eigenvalue weighted by atomic mass is 9.98. The Morgan fingerprint density at radius 3 is 2.31 bits per heavy atom. The zero-order valence-electron chi connectivity index (χ0n) is 21.3. The number of aryl methyl sites for hydroxylation is 1. The van der Waals surface area contributed by atoms with Gasteiger partial charge in [-0.25, -0.2) is 14.2 Å². The normalized spacial score (nSPS) is 12.1. The Hall–Kier alpha value is -2.74. The molecule has 3 aromatic rings. The van der Waals surface area contributed by atoms with Crippen LogP contribution in [0, 0.1) is 5.82 Å². The molecule has 1 N–H and O–H groups in total. The molecule has 0 saturated carbocycles. The zero-order chi connectivity index (χ0) is 25.8. The van der Waals surface area contributed by atoms with Crippen LogP contribution in [-0.2, 0) is 12.3 Å². The van der Waals surface area contributed by atoms with Crippen molar-refractivity contribution in [2.24, 2.45) is 0 Å². The minimum absolute atomic E-state index is 0.250. The van der Waals surface area contributed by atoms with E-state index in [9.17, 15) is 14.0 Å². The molecule has 6 nitrogen and oxygen atoms in total. The van der Waals surface area contributed by atoms with Crippen LogP contribution in [-0.4, -0.2) is 19.5 Å². The van der Waals surface area contributed by atoms with Crippen LogP contribution < -0.4 is 11.2 Å². The summed E-state index contributed by atoms with van der Waals surface area (Å²) in [5.74, 6) is 0.0857. The van der Waals surface area contributed by atoms with E-state index in [1.807, 2.05) is 13.1 Å². The molecule has 0 amide bonds. The molecule has 0 spiro atoms. The number of aromatic nitrogens is 4. The number of hydrogen-bond acceptors (Lipinski definition) is 5. The third-order valence-electron chi connectivity index (χ3n) is 6.43. The van der Waals surface area contributed by atoms with E-state index in [1.54, 1.807) is 18.3 Å². The Labute approximate surface area is 216 Å². The fourth-order valence-corrected chi connectivity index (χ4v) is 5.10. The van der Waals surface area contributed by atoms with Gasteiger partial charge in [-0.05, 0) is 29.7 Å². The highest BCUT2D eigenvalue weighted by Gasteiger charge is 2.17. The van der Waals surface area contributed by atoms with E-state index >= 15 is 0 Å². The summed E-state index contributed by atoms with van der Waals surface area (Å²) in [6.45, 7) is 4.93. The second-order valence-electron chi connectivity index (χ2n) is 9.29. The molecule has 8 heteroatoms. The average molecular weight is 513 g/mol. The number of hydrogen-bond donors (Lipinski definition) is 1. The molecule has 0 bridgehead atoms. The van der Waals surface area contributed by atoms with Crippen LogP contribution in [0.1, 0.15) is 94.2 Å². The Bertz CT molecular complexity index is 1170. The lowest BCUT2D eigenvalue weighted by Crippen LogP contribution is -2.22. The SMILES string of the molecule is CCCCCCCCCCCn1cc(C(C)c2cnc(=O)[nH]c2)c(=O)nc1SCc1ccc(F)cc1. The van der Waals surface area contributed by atoms with Crippen molar-refractivity contribution in [3.05, 3.63) is 86.2 Å². The van der Waals surface area contributed by atoms with Gasteiger partial charge in [0, 0.05) is 42.4 Å². The van der Waals surface area contributed by atoms with E-state index in [1.165, 1.54) is 75.0 Å². The van der Waals surface area contributed by atoms with Crippen LogP contribution in [0.2, 0.25) is 0 Å². The first kappa shape index (κ1) is 27.8. The second-order valence-corrected chi connectivity index (χ2v) is 10.2. The molecule has 1 unspecified atom stereocenters. The maximum Gasteiger partial charge on any atom is 0.344 e. The molecular weight excluding hydrogens is 475 g/mol. The highest BCUT2D eigenvalue weighted by molar-refractivity contribution is 7.98. The molecule has 3 rings (SSSR count). The van der Waals surface area contributed by atoms with Crippen molar-refractivity contribution < 1.29 is 4.39 Å². The van der Waals surface area contributed by atoms with Gasteiger partial charge in [-0.3, -0.25) is 4.79 Å². The number of aromatic amines is 1. The van der Waals surface area contributed by atoms with E-state index in [4.69, 9.17) is 0 Å². The molecule has 36 heavy (non-hydrogen) atoms. The van der Waals surface area contributed by atoms with Crippen LogP contribution in [0.15, 0.2) is 57.6 Å². The van der Waals surface area contributed by atoms with Gasteiger partial charge in [-0.1, -0.05) is 89.1 Å². The number of benzene rings is 1. The first-order chi connectivity index (χ1) is 17.5. The molecule has 0 saturated heterocycles. The molecule has 1 atom stereocenters. The monoisotopic (exact) mass is 512 g/mol. The highest BCUT2D eigenvalue weighted by atomic mass is 32.2. The maximum atomic E-state index is 13.3. The first-order valence-corrected chi connectivity index (χ1v) is 14.0. The lowest BCUT2D eigenvalue weighted by molar-refractivity contribution is 0.511. The number of H-pyrrole nitrogens is 1. The summed E-state index contributed by atoms with van der Waals surface area (Å²) in [6, 6.07) is 6.40. The Morgan fingerprint density at radius 1 is 1.00 bits per heavy atom. The Kier molecular flexibility index (Phi) is 11.4. The minimum Gasteiger partial charge on any atom is -0.327 e. The van der Waals surface area contributed by atoms with E-state index < -0.39 is 5.69 Å². The van der Waals surface area contributed by atoms with Crippen molar-refractivity contribution in [2.75, 3.05) is 0 Å². The van der Waals surface area contributed by atoms with Crippen molar-refractivity contribution in [3.63, 3.8) is 0 Å².